The summed E-state index contributed by atoms with van der Waals surface area (Å²) in [7, 11) is 5.00. The average Bonchev–Trinajstić information content (AvgIpc) is 2.75. The predicted molar refractivity (Wildman–Crippen MR) is 118 cm³/mol. The van der Waals surface area contributed by atoms with Gasteiger partial charge in [-0.15, -0.1) is 0 Å². The molecule has 2 N–H and O–H groups in total. The van der Waals surface area contributed by atoms with Crippen molar-refractivity contribution in [2.75, 3.05) is 63.0 Å². The van der Waals surface area contributed by atoms with Crippen molar-refractivity contribution in [3.05, 3.63) is 41.4 Å². The fourth-order valence-electron chi connectivity index (χ4n) is 3.15. The quantitative estimate of drug-likeness (QED) is 0.707. The van der Waals surface area contributed by atoms with Crippen molar-refractivity contribution in [3.63, 3.8) is 0 Å². The van der Waals surface area contributed by atoms with E-state index in [2.05, 4.69) is 27.5 Å². The molecule has 0 bridgehead atoms. The Bertz CT molecular complexity index is 912. The molecule has 0 aliphatic carbocycles. The van der Waals surface area contributed by atoms with E-state index in [0.717, 1.165) is 31.9 Å². The van der Waals surface area contributed by atoms with E-state index in [-0.39, 0.29) is 5.69 Å². The third-order valence-corrected chi connectivity index (χ3v) is 5.22. The third-order valence-electron chi connectivity index (χ3n) is 4.92. The van der Waals surface area contributed by atoms with Gasteiger partial charge in [-0.1, -0.05) is 11.6 Å². The molecule has 3 rings (SSSR count). The zero-order valence-corrected chi connectivity index (χ0v) is 18.0. The van der Waals surface area contributed by atoms with E-state index in [0.29, 0.717) is 22.2 Å². The van der Waals surface area contributed by atoms with Crippen molar-refractivity contribution in [1.82, 2.24) is 4.90 Å². The summed E-state index contributed by atoms with van der Waals surface area (Å²) in [4.78, 5) is 29.2. The molecule has 0 spiro atoms. The molecule has 2 aromatic carbocycles. The smallest absolute Gasteiger partial charge is 0.314 e. The minimum absolute atomic E-state index is 0.282. The van der Waals surface area contributed by atoms with Crippen molar-refractivity contribution < 1.29 is 19.1 Å². The van der Waals surface area contributed by atoms with Gasteiger partial charge in [-0.05, 0) is 31.3 Å². The summed E-state index contributed by atoms with van der Waals surface area (Å²) < 4.78 is 10.4. The number of rotatable bonds is 5. The normalized spacial score (nSPS) is 14.2. The van der Waals surface area contributed by atoms with E-state index in [4.69, 9.17) is 21.1 Å². The van der Waals surface area contributed by atoms with Gasteiger partial charge in [0.1, 0.15) is 11.5 Å². The molecule has 0 atom stereocenters. The van der Waals surface area contributed by atoms with Crippen LogP contribution in [0.5, 0.6) is 11.5 Å². The first-order valence-corrected chi connectivity index (χ1v) is 9.86. The molecule has 0 aromatic heterocycles. The molecule has 1 aliphatic rings. The zero-order valence-electron chi connectivity index (χ0n) is 17.2. The number of likely N-dealkylation sites (N-methyl/N-ethyl adjacent to an activating group) is 1. The van der Waals surface area contributed by atoms with Crippen LogP contribution in [0.2, 0.25) is 5.02 Å². The van der Waals surface area contributed by atoms with Crippen LogP contribution in [0.4, 0.5) is 17.1 Å². The minimum atomic E-state index is -0.833. The highest BCUT2D eigenvalue weighted by Gasteiger charge is 2.19. The van der Waals surface area contributed by atoms with E-state index in [1.165, 1.54) is 26.4 Å². The maximum atomic E-state index is 12.3. The molecule has 2 amide bonds. The first-order valence-electron chi connectivity index (χ1n) is 9.48. The molecule has 1 saturated heterocycles. The molecule has 160 valence electrons. The molecule has 1 aliphatic heterocycles. The van der Waals surface area contributed by atoms with Crippen molar-refractivity contribution in [2.24, 2.45) is 0 Å². The highest BCUT2D eigenvalue weighted by atomic mass is 35.5. The lowest BCUT2D eigenvalue weighted by Gasteiger charge is -2.34. The maximum absolute atomic E-state index is 12.3. The third kappa shape index (κ3) is 5.14. The second kappa shape index (κ2) is 9.69. The van der Waals surface area contributed by atoms with Gasteiger partial charge in [0.2, 0.25) is 0 Å². The van der Waals surface area contributed by atoms with Crippen LogP contribution < -0.4 is 25.0 Å². The first kappa shape index (κ1) is 21.7. The Hall–Kier alpha value is -2.97. The lowest BCUT2D eigenvalue weighted by Crippen LogP contribution is -2.44. The van der Waals surface area contributed by atoms with Crippen LogP contribution in [0.25, 0.3) is 0 Å². The number of carbonyl (C=O) groups is 2. The van der Waals surface area contributed by atoms with E-state index in [1.807, 2.05) is 12.1 Å². The van der Waals surface area contributed by atoms with Crippen LogP contribution in [-0.2, 0) is 9.59 Å². The lowest BCUT2D eigenvalue weighted by molar-refractivity contribution is -0.133. The standard InChI is InChI=1S/C21H25ClN4O4/c1-25-8-10-26(11-9-25)15-6-4-14(5-7-15)23-20(27)21(28)24-17-13-18(29-2)16(22)12-19(17)30-3/h4-7,12-13H,8-11H2,1-3H3,(H,23,27)(H,24,28). The summed E-state index contributed by atoms with van der Waals surface area (Å²) in [5, 5.41) is 5.45. The second-order valence-electron chi connectivity index (χ2n) is 6.93. The second-order valence-corrected chi connectivity index (χ2v) is 7.34. The molecule has 1 heterocycles. The molecular weight excluding hydrogens is 408 g/mol. The molecule has 2 aromatic rings. The summed E-state index contributed by atoms with van der Waals surface area (Å²) in [6.45, 7) is 3.93. The summed E-state index contributed by atoms with van der Waals surface area (Å²) in [6, 6.07) is 10.4. The summed E-state index contributed by atoms with van der Waals surface area (Å²) in [6.07, 6.45) is 0. The highest BCUT2D eigenvalue weighted by molar-refractivity contribution is 6.44. The number of hydrogen-bond donors (Lipinski definition) is 2. The van der Waals surface area contributed by atoms with Crippen molar-refractivity contribution in [2.45, 2.75) is 0 Å². The summed E-state index contributed by atoms with van der Waals surface area (Å²) in [5.74, 6) is -0.953. The Labute approximate surface area is 180 Å². The Morgan fingerprint density at radius 2 is 1.50 bits per heavy atom. The van der Waals surface area contributed by atoms with Gasteiger partial charge < -0.3 is 29.9 Å². The topological polar surface area (TPSA) is 83.1 Å². The van der Waals surface area contributed by atoms with Gasteiger partial charge in [0.15, 0.2) is 0 Å². The Balaban J connectivity index is 1.63. The summed E-state index contributed by atoms with van der Waals surface area (Å²) in [5.41, 5.74) is 1.90. The number of nitrogens with zero attached hydrogens (tertiary/aromatic N) is 2. The number of benzene rings is 2. The molecule has 9 heteroatoms. The monoisotopic (exact) mass is 432 g/mol. The number of methoxy groups -OCH3 is 2. The van der Waals surface area contributed by atoms with Crippen molar-refractivity contribution in [3.8, 4) is 11.5 Å². The average molecular weight is 433 g/mol. The zero-order chi connectivity index (χ0) is 21.7. The van der Waals surface area contributed by atoms with Gasteiger partial charge in [-0.3, -0.25) is 9.59 Å². The van der Waals surface area contributed by atoms with E-state index in [1.54, 1.807) is 12.1 Å². The van der Waals surface area contributed by atoms with Crippen LogP contribution in [0, 0.1) is 0 Å². The Kier molecular flexibility index (Phi) is 7.02. The number of hydrogen-bond acceptors (Lipinski definition) is 6. The van der Waals surface area contributed by atoms with Crippen LogP contribution in [0.1, 0.15) is 0 Å². The number of carbonyl (C=O) groups excluding carboxylic acids is 2. The van der Waals surface area contributed by atoms with Gasteiger partial charge >= 0.3 is 11.8 Å². The largest absolute Gasteiger partial charge is 0.495 e. The molecule has 30 heavy (non-hydrogen) atoms. The lowest BCUT2D eigenvalue weighted by atomic mass is 10.2. The summed E-state index contributed by atoms with van der Waals surface area (Å²) >= 11 is 6.06. The molecule has 8 nitrogen and oxygen atoms in total. The van der Waals surface area contributed by atoms with Crippen LogP contribution >= 0.6 is 11.6 Å². The van der Waals surface area contributed by atoms with E-state index >= 15 is 0 Å². The van der Waals surface area contributed by atoms with Crippen LogP contribution in [0.3, 0.4) is 0 Å². The fraction of sp³-hybridized carbons (Fsp3) is 0.333. The van der Waals surface area contributed by atoms with Crippen molar-refractivity contribution >= 4 is 40.5 Å². The number of ether oxygens (including phenoxy) is 2. The molecular formula is C21H25ClN4O4. The van der Waals surface area contributed by atoms with E-state index < -0.39 is 11.8 Å². The number of piperazine rings is 1. The van der Waals surface area contributed by atoms with Crippen LogP contribution in [0.15, 0.2) is 36.4 Å². The molecule has 0 saturated carbocycles. The van der Waals surface area contributed by atoms with Crippen molar-refractivity contribution in [1.29, 1.82) is 0 Å². The molecule has 0 unspecified atom stereocenters. The maximum Gasteiger partial charge on any atom is 0.314 e. The molecule has 1 fully saturated rings. The Morgan fingerprint density at radius 3 is 2.10 bits per heavy atom. The minimum Gasteiger partial charge on any atom is -0.495 e. The number of nitrogens with one attached hydrogen (secondary N) is 2. The Morgan fingerprint density at radius 1 is 0.900 bits per heavy atom. The van der Waals surface area contributed by atoms with Gasteiger partial charge in [-0.2, -0.15) is 0 Å². The van der Waals surface area contributed by atoms with Crippen LogP contribution in [-0.4, -0.2) is 64.2 Å². The first-order chi connectivity index (χ1) is 14.4. The number of anilines is 3. The predicted octanol–water partition coefficient (Wildman–Crippen LogP) is 2.69. The highest BCUT2D eigenvalue weighted by Crippen LogP contribution is 2.35. The SMILES string of the molecule is COc1cc(NC(=O)C(=O)Nc2ccc(N3CCN(C)CC3)cc2)c(OC)cc1Cl. The number of halogens is 1. The van der Waals surface area contributed by atoms with Gasteiger partial charge in [0.25, 0.3) is 0 Å². The fourth-order valence-corrected chi connectivity index (χ4v) is 3.38. The van der Waals surface area contributed by atoms with Gasteiger partial charge in [0, 0.05) is 49.7 Å². The molecule has 0 radical (unpaired) electrons. The number of amides is 2. The van der Waals surface area contributed by atoms with Gasteiger partial charge in [0.05, 0.1) is 24.9 Å². The van der Waals surface area contributed by atoms with E-state index in [9.17, 15) is 9.59 Å². The van der Waals surface area contributed by atoms with Gasteiger partial charge in [-0.25, -0.2) is 0 Å².